The van der Waals surface area contributed by atoms with E-state index in [0.29, 0.717) is 16.3 Å². The van der Waals surface area contributed by atoms with Gasteiger partial charge in [0.05, 0.1) is 29.6 Å². The Morgan fingerprint density at radius 2 is 1.92 bits per heavy atom. The van der Waals surface area contributed by atoms with E-state index in [0.717, 1.165) is 5.69 Å². The van der Waals surface area contributed by atoms with Crippen LogP contribution in [0, 0.1) is 6.92 Å². The van der Waals surface area contributed by atoms with Crippen molar-refractivity contribution in [2.24, 2.45) is 0 Å². The first-order chi connectivity index (χ1) is 11.3. The van der Waals surface area contributed by atoms with Crippen molar-refractivity contribution in [2.45, 2.75) is 33.2 Å². The zero-order chi connectivity index (χ0) is 17.9. The van der Waals surface area contributed by atoms with Crippen LogP contribution in [0.3, 0.4) is 0 Å². The maximum atomic E-state index is 12.8. The number of hydrogen-bond donors (Lipinski definition) is 1. The van der Waals surface area contributed by atoms with E-state index in [9.17, 15) is 9.59 Å². The molecule has 0 fully saturated rings. The van der Waals surface area contributed by atoms with Crippen molar-refractivity contribution in [2.75, 3.05) is 6.54 Å². The van der Waals surface area contributed by atoms with Gasteiger partial charge in [-0.2, -0.15) is 5.10 Å². The SMILES string of the molecule is Cc1c(C(=O)N(CCC(=O)O)C(C)C)cnn1-c1ccc(Cl)cc1. The minimum absolute atomic E-state index is 0.0890. The number of rotatable bonds is 6. The van der Waals surface area contributed by atoms with E-state index in [2.05, 4.69) is 5.10 Å². The number of benzene rings is 1. The lowest BCUT2D eigenvalue weighted by atomic mass is 10.2. The van der Waals surface area contributed by atoms with Crippen molar-refractivity contribution in [3.05, 3.63) is 46.7 Å². The number of amides is 1. The average Bonchev–Trinajstić information content (AvgIpc) is 2.89. The van der Waals surface area contributed by atoms with Gasteiger partial charge in [0.25, 0.3) is 5.91 Å². The summed E-state index contributed by atoms with van der Waals surface area (Å²) >= 11 is 5.89. The molecule has 0 spiro atoms. The molecule has 2 aromatic rings. The maximum absolute atomic E-state index is 12.8. The highest BCUT2D eigenvalue weighted by molar-refractivity contribution is 6.30. The summed E-state index contributed by atoms with van der Waals surface area (Å²) in [4.78, 5) is 25.1. The standard InChI is InChI=1S/C17H20ClN3O3/c1-11(2)20(9-8-16(22)23)17(24)15-10-19-21(12(15)3)14-6-4-13(18)5-7-14/h4-7,10-11H,8-9H2,1-3H3,(H,22,23). The average molecular weight is 350 g/mol. The molecule has 0 unspecified atom stereocenters. The van der Waals surface area contributed by atoms with Crippen LogP contribution in [0.25, 0.3) is 5.69 Å². The Kier molecular flexibility index (Phi) is 5.62. The zero-order valence-corrected chi connectivity index (χ0v) is 14.6. The summed E-state index contributed by atoms with van der Waals surface area (Å²) in [7, 11) is 0. The second-order valence-corrected chi connectivity index (χ2v) is 6.20. The predicted octanol–water partition coefficient (Wildman–Crippen LogP) is 3.16. The fourth-order valence-corrected chi connectivity index (χ4v) is 2.55. The van der Waals surface area contributed by atoms with Gasteiger partial charge in [-0.05, 0) is 45.0 Å². The van der Waals surface area contributed by atoms with Crippen LogP contribution in [-0.4, -0.2) is 44.3 Å². The van der Waals surface area contributed by atoms with E-state index in [-0.39, 0.29) is 24.9 Å². The van der Waals surface area contributed by atoms with Gasteiger partial charge in [-0.15, -0.1) is 0 Å². The van der Waals surface area contributed by atoms with Crippen molar-refractivity contribution in [3.63, 3.8) is 0 Å². The highest BCUT2D eigenvalue weighted by atomic mass is 35.5. The van der Waals surface area contributed by atoms with Crippen LogP contribution in [0.4, 0.5) is 0 Å². The van der Waals surface area contributed by atoms with Crippen LogP contribution in [-0.2, 0) is 4.79 Å². The molecule has 1 amide bonds. The summed E-state index contributed by atoms with van der Waals surface area (Å²) in [5.41, 5.74) is 1.96. The number of carbonyl (C=O) groups is 2. The quantitative estimate of drug-likeness (QED) is 0.869. The number of carbonyl (C=O) groups excluding carboxylic acids is 1. The van der Waals surface area contributed by atoms with Gasteiger partial charge in [-0.1, -0.05) is 11.6 Å². The molecular formula is C17H20ClN3O3. The van der Waals surface area contributed by atoms with Gasteiger partial charge in [-0.3, -0.25) is 9.59 Å². The molecule has 0 saturated carbocycles. The van der Waals surface area contributed by atoms with E-state index >= 15 is 0 Å². The van der Waals surface area contributed by atoms with Gasteiger partial charge in [-0.25, -0.2) is 4.68 Å². The molecule has 0 aliphatic rings. The molecule has 0 aliphatic heterocycles. The second-order valence-electron chi connectivity index (χ2n) is 5.77. The molecule has 0 saturated heterocycles. The minimum atomic E-state index is -0.929. The summed E-state index contributed by atoms with van der Waals surface area (Å²) in [6.45, 7) is 5.69. The van der Waals surface area contributed by atoms with Gasteiger partial charge in [0.1, 0.15) is 0 Å². The topological polar surface area (TPSA) is 75.4 Å². The molecule has 0 aliphatic carbocycles. The van der Waals surface area contributed by atoms with Crippen LogP contribution >= 0.6 is 11.6 Å². The van der Waals surface area contributed by atoms with Gasteiger partial charge in [0, 0.05) is 17.6 Å². The van der Waals surface area contributed by atoms with E-state index in [4.69, 9.17) is 16.7 Å². The normalized spacial score (nSPS) is 10.9. The van der Waals surface area contributed by atoms with Crippen LogP contribution in [0.15, 0.2) is 30.5 Å². The molecule has 0 atom stereocenters. The van der Waals surface area contributed by atoms with Gasteiger partial charge in [0.2, 0.25) is 0 Å². The molecule has 24 heavy (non-hydrogen) atoms. The molecule has 2 rings (SSSR count). The third-order valence-corrected chi connectivity index (χ3v) is 4.01. The first-order valence-electron chi connectivity index (χ1n) is 7.64. The van der Waals surface area contributed by atoms with E-state index in [1.807, 2.05) is 32.9 Å². The molecule has 7 heteroatoms. The van der Waals surface area contributed by atoms with Crippen molar-refractivity contribution in [1.82, 2.24) is 14.7 Å². The molecule has 128 valence electrons. The Balaban J connectivity index is 2.29. The lowest BCUT2D eigenvalue weighted by molar-refractivity contribution is -0.137. The number of aliphatic carboxylic acids is 1. The number of carboxylic acids is 1. The summed E-state index contributed by atoms with van der Waals surface area (Å²) in [5, 5.41) is 13.8. The number of carboxylic acid groups (broad SMARTS) is 1. The smallest absolute Gasteiger partial charge is 0.305 e. The monoisotopic (exact) mass is 349 g/mol. The molecule has 1 heterocycles. The summed E-state index contributed by atoms with van der Waals surface area (Å²) < 4.78 is 1.67. The number of halogens is 1. The minimum Gasteiger partial charge on any atom is -0.481 e. The maximum Gasteiger partial charge on any atom is 0.305 e. The molecule has 1 aromatic heterocycles. The fraction of sp³-hybridized carbons (Fsp3) is 0.353. The van der Waals surface area contributed by atoms with Crippen LogP contribution in [0.5, 0.6) is 0 Å². The summed E-state index contributed by atoms with van der Waals surface area (Å²) in [5.74, 6) is -1.15. The van der Waals surface area contributed by atoms with Crippen molar-refractivity contribution in [3.8, 4) is 5.69 Å². The summed E-state index contributed by atoms with van der Waals surface area (Å²) in [6, 6.07) is 7.05. The molecule has 0 radical (unpaired) electrons. The first kappa shape index (κ1) is 18.0. The van der Waals surface area contributed by atoms with Gasteiger partial charge in [0.15, 0.2) is 0 Å². The van der Waals surface area contributed by atoms with E-state index < -0.39 is 5.97 Å². The Hall–Kier alpha value is -2.34. The van der Waals surface area contributed by atoms with Gasteiger partial charge < -0.3 is 10.0 Å². The predicted molar refractivity (Wildman–Crippen MR) is 91.7 cm³/mol. The Bertz CT molecular complexity index is 738. The van der Waals surface area contributed by atoms with E-state index in [1.54, 1.807) is 21.7 Å². The zero-order valence-electron chi connectivity index (χ0n) is 13.9. The Morgan fingerprint density at radius 3 is 2.46 bits per heavy atom. The Labute approximate surface area is 145 Å². The molecule has 0 bridgehead atoms. The third-order valence-electron chi connectivity index (χ3n) is 3.76. The first-order valence-corrected chi connectivity index (χ1v) is 8.02. The van der Waals surface area contributed by atoms with Crippen LogP contribution in [0.2, 0.25) is 5.02 Å². The molecule has 1 aromatic carbocycles. The molecule has 6 nitrogen and oxygen atoms in total. The fourth-order valence-electron chi connectivity index (χ4n) is 2.43. The van der Waals surface area contributed by atoms with Crippen molar-refractivity contribution in [1.29, 1.82) is 0 Å². The number of hydrogen-bond acceptors (Lipinski definition) is 3. The highest BCUT2D eigenvalue weighted by Gasteiger charge is 2.23. The Morgan fingerprint density at radius 1 is 1.29 bits per heavy atom. The lowest BCUT2D eigenvalue weighted by Crippen LogP contribution is -2.38. The van der Waals surface area contributed by atoms with Crippen molar-refractivity contribution < 1.29 is 14.7 Å². The molecule has 1 N–H and O–H groups in total. The highest BCUT2D eigenvalue weighted by Crippen LogP contribution is 2.19. The second kappa shape index (κ2) is 7.49. The van der Waals surface area contributed by atoms with Crippen LogP contribution < -0.4 is 0 Å². The molecular weight excluding hydrogens is 330 g/mol. The summed E-state index contributed by atoms with van der Waals surface area (Å²) in [6.07, 6.45) is 1.43. The largest absolute Gasteiger partial charge is 0.481 e. The van der Waals surface area contributed by atoms with Gasteiger partial charge >= 0.3 is 5.97 Å². The van der Waals surface area contributed by atoms with Crippen LogP contribution in [0.1, 0.15) is 36.3 Å². The van der Waals surface area contributed by atoms with Crippen molar-refractivity contribution >= 4 is 23.5 Å². The lowest BCUT2D eigenvalue weighted by Gasteiger charge is -2.26. The number of aromatic nitrogens is 2. The van der Waals surface area contributed by atoms with E-state index in [1.165, 1.54) is 6.20 Å². The third kappa shape index (κ3) is 3.94. The number of nitrogens with zero attached hydrogens (tertiary/aromatic N) is 3.